The maximum atomic E-state index is 13.6. The van der Waals surface area contributed by atoms with Crippen LogP contribution in [-0.4, -0.2) is 52.4 Å². The molecule has 3 heterocycles. The van der Waals surface area contributed by atoms with Crippen LogP contribution in [0.15, 0.2) is 54.9 Å². The van der Waals surface area contributed by atoms with E-state index in [2.05, 4.69) is 32.0 Å². The summed E-state index contributed by atoms with van der Waals surface area (Å²) in [5, 5.41) is 4.89. The van der Waals surface area contributed by atoms with Crippen LogP contribution < -0.4 is 4.90 Å². The molecule has 0 bridgehead atoms. The van der Waals surface area contributed by atoms with Crippen molar-refractivity contribution in [2.75, 3.05) is 37.6 Å². The standard InChI is InChI=1S/C22H23ClFN5/c1-17-18(16-26-29(17)22-6-2-3-7-25-22)5-4-8-27-9-11-28(12-10-27)21-14-19(23)13-20(24)15-21/h2-7,13-16H,8-12H2,1H3. The first-order valence-electron chi connectivity index (χ1n) is 9.66. The molecule has 4 rings (SSSR count). The molecule has 150 valence electrons. The molecule has 2 aromatic heterocycles. The summed E-state index contributed by atoms with van der Waals surface area (Å²) in [5.74, 6) is 0.526. The van der Waals surface area contributed by atoms with Crippen LogP contribution in [0.3, 0.4) is 0 Å². The first-order chi connectivity index (χ1) is 14.1. The van der Waals surface area contributed by atoms with E-state index in [1.54, 1.807) is 12.3 Å². The number of halogens is 2. The number of pyridine rings is 1. The number of benzene rings is 1. The molecule has 1 fully saturated rings. The van der Waals surface area contributed by atoms with Gasteiger partial charge in [0.05, 0.1) is 11.9 Å². The van der Waals surface area contributed by atoms with Gasteiger partial charge in [0.15, 0.2) is 5.82 Å². The molecule has 0 saturated carbocycles. The molecule has 1 saturated heterocycles. The van der Waals surface area contributed by atoms with Gasteiger partial charge in [-0.1, -0.05) is 29.8 Å². The lowest BCUT2D eigenvalue weighted by Crippen LogP contribution is -2.46. The second kappa shape index (κ2) is 8.76. The third kappa shape index (κ3) is 4.66. The number of hydrogen-bond donors (Lipinski definition) is 0. The van der Waals surface area contributed by atoms with Crippen LogP contribution >= 0.6 is 11.6 Å². The summed E-state index contributed by atoms with van der Waals surface area (Å²) in [6.45, 7) is 6.46. The number of anilines is 1. The Morgan fingerprint density at radius 3 is 2.69 bits per heavy atom. The molecule has 29 heavy (non-hydrogen) atoms. The Hall–Kier alpha value is -2.70. The molecule has 0 radical (unpaired) electrons. The summed E-state index contributed by atoms with van der Waals surface area (Å²) in [7, 11) is 0. The molecule has 1 aromatic carbocycles. The van der Waals surface area contributed by atoms with Crippen molar-refractivity contribution in [1.29, 1.82) is 0 Å². The van der Waals surface area contributed by atoms with E-state index in [4.69, 9.17) is 11.6 Å². The average Bonchev–Trinajstić information content (AvgIpc) is 3.09. The van der Waals surface area contributed by atoms with Crippen molar-refractivity contribution >= 4 is 23.4 Å². The van der Waals surface area contributed by atoms with Crippen molar-refractivity contribution in [2.45, 2.75) is 6.92 Å². The van der Waals surface area contributed by atoms with Crippen molar-refractivity contribution in [2.24, 2.45) is 0 Å². The summed E-state index contributed by atoms with van der Waals surface area (Å²) in [6.07, 6.45) is 7.91. The van der Waals surface area contributed by atoms with Crippen LogP contribution in [0.25, 0.3) is 11.9 Å². The van der Waals surface area contributed by atoms with Gasteiger partial charge in [-0.05, 0) is 37.3 Å². The highest BCUT2D eigenvalue weighted by Crippen LogP contribution is 2.23. The summed E-state index contributed by atoms with van der Waals surface area (Å²) < 4.78 is 15.4. The molecule has 0 N–H and O–H groups in total. The average molecular weight is 412 g/mol. The Bertz CT molecular complexity index is 973. The molecule has 1 aliphatic rings. The van der Waals surface area contributed by atoms with Crippen LogP contribution in [0.4, 0.5) is 10.1 Å². The smallest absolute Gasteiger partial charge is 0.153 e. The molecule has 3 aromatic rings. The van der Waals surface area contributed by atoms with Crippen molar-refractivity contribution in [3.63, 3.8) is 0 Å². The molecule has 1 aliphatic heterocycles. The van der Waals surface area contributed by atoms with Gasteiger partial charge in [0.2, 0.25) is 0 Å². The van der Waals surface area contributed by atoms with Crippen LogP contribution in [0.5, 0.6) is 0 Å². The SMILES string of the molecule is Cc1c(C=CCN2CCN(c3cc(F)cc(Cl)c3)CC2)cnn1-c1ccccn1. The van der Waals surface area contributed by atoms with E-state index < -0.39 is 0 Å². The van der Waals surface area contributed by atoms with E-state index in [1.165, 1.54) is 6.07 Å². The van der Waals surface area contributed by atoms with E-state index in [-0.39, 0.29) is 5.82 Å². The molecule has 0 spiro atoms. The van der Waals surface area contributed by atoms with Crippen LogP contribution in [0, 0.1) is 12.7 Å². The van der Waals surface area contributed by atoms with Crippen LogP contribution in [-0.2, 0) is 0 Å². The Morgan fingerprint density at radius 2 is 1.97 bits per heavy atom. The quantitative estimate of drug-likeness (QED) is 0.630. The Balaban J connectivity index is 1.33. The third-order valence-corrected chi connectivity index (χ3v) is 5.38. The van der Waals surface area contributed by atoms with Gasteiger partial charge in [0.25, 0.3) is 0 Å². The van der Waals surface area contributed by atoms with E-state index in [9.17, 15) is 4.39 Å². The van der Waals surface area contributed by atoms with Crippen LogP contribution in [0.1, 0.15) is 11.3 Å². The Labute approximate surface area is 175 Å². The van der Waals surface area contributed by atoms with Gasteiger partial charge < -0.3 is 4.90 Å². The highest BCUT2D eigenvalue weighted by molar-refractivity contribution is 6.30. The fourth-order valence-corrected chi connectivity index (χ4v) is 3.75. The Morgan fingerprint density at radius 1 is 1.14 bits per heavy atom. The zero-order chi connectivity index (χ0) is 20.2. The fraction of sp³-hybridized carbons (Fsp3) is 0.273. The number of hydrogen-bond acceptors (Lipinski definition) is 4. The minimum absolute atomic E-state index is 0.292. The lowest BCUT2D eigenvalue weighted by Gasteiger charge is -2.35. The predicted octanol–water partition coefficient (Wildman–Crippen LogP) is 4.20. The summed E-state index contributed by atoms with van der Waals surface area (Å²) >= 11 is 5.98. The molecule has 0 amide bonds. The molecule has 0 aliphatic carbocycles. The maximum Gasteiger partial charge on any atom is 0.153 e. The zero-order valence-corrected chi connectivity index (χ0v) is 17.1. The summed E-state index contributed by atoms with van der Waals surface area (Å²) in [4.78, 5) is 8.91. The molecular formula is C22H23ClFN5. The lowest BCUT2D eigenvalue weighted by molar-refractivity contribution is 0.284. The van der Waals surface area contributed by atoms with Crippen molar-refractivity contribution in [3.05, 3.63) is 77.0 Å². The molecule has 5 nitrogen and oxygen atoms in total. The van der Waals surface area contributed by atoms with Crippen LogP contribution in [0.2, 0.25) is 5.02 Å². The molecular weight excluding hydrogens is 389 g/mol. The first-order valence-corrected chi connectivity index (χ1v) is 10.0. The highest BCUT2D eigenvalue weighted by atomic mass is 35.5. The number of rotatable bonds is 5. The maximum absolute atomic E-state index is 13.6. The molecule has 7 heteroatoms. The Kier molecular flexibility index (Phi) is 5.92. The van der Waals surface area contributed by atoms with Gasteiger partial charge >= 0.3 is 0 Å². The normalized spacial score (nSPS) is 15.3. The summed E-state index contributed by atoms with van der Waals surface area (Å²) in [6, 6.07) is 10.5. The molecule has 0 unspecified atom stereocenters. The van der Waals surface area contributed by atoms with Crippen molar-refractivity contribution in [1.82, 2.24) is 19.7 Å². The summed E-state index contributed by atoms with van der Waals surface area (Å²) in [5.41, 5.74) is 3.00. The first kappa shape index (κ1) is 19.6. The molecule has 0 atom stereocenters. The highest BCUT2D eigenvalue weighted by Gasteiger charge is 2.17. The minimum atomic E-state index is -0.292. The van der Waals surface area contributed by atoms with Gasteiger partial charge in [-0.2, -0.15) is 5.10 Å². The van der Waals surface area contributed by atoms with E-state index >= 15 is 0 Å². The number of aromatic nitrogens is 3. The minimum Gasteiger partial charge on any atom is -0.369 e. The second-order valence-corrected chi connectivity index (χ2v) is 7.54. The van der Waals surface area contributed by atoms with E-state index in [0.29, 0.717) is 5.02 Å². The monoisotopic (exact) mass is 411 g/mol. The third-order valence-electron chi connectivity index (χ3n) is 5.16. The zero-order valence-electron chi connectivity index (χ0n) is 16.3. The van der Waals surface area contributed by atoms with E-state index in [0.717, 1.165) is 55.5 Å². The predicted molar refractivity (Wildman–Crippen MR) is 115 cm³/mol. The van der Waals surface area contributed by atoms with Gasteiger partial charge in [0, 0.05) is 55.2 Å². The van der Waals surface area contributed by atoms with Gasteiger partial charge in [0.1, 0.15) is 5.82 Å². The van der Waals surface area contributed by atoms with Gasteiger partial charge in [-0.25, -0.2) is 14.1 Å². The number of piperazine rings is 1. The van der Waals surface area contributed by atoms with Crippen molar-refractivity contribution < 1.29 is 4.39 Å². The van der Waals surface area contributed by atoms with Crippen molar-refractivity contribution in [3.8, 4) is 5.82 Å². The topological polar surface area (TPSA) is 37.2 Å². The largest absolute Gasteiger partial charge is 0.369 e. The second-order valence-electron chi connectivity index (χ2n) is 7.10. The lowest BCUT2D eigenvalue weighted by atomic mass is 10.2. The fourth-order valence-electron chi connectivity index (χ4n) is 3.54. The van der Waals surface area contributed by atoms with E-state index in [1.807, 2.05) is 42.1 Å². The number of nitrogens with zero attached hydrogens (tertiary/aromatic N) is 5. The van der Waals surface area contributed by atoms with Gasteiger partial charge in [-0.3, -0.25) is 4.90 Å². The van der Waals surface area contributed by atoms with Gasteiger partial charge in [-0.15, -0.1) is 0 Å².